The average molecular weight is 497 g/mol. The van der Waals surface area contributed by atoms with Crippen molar-refractivity contribution in [2.75, 3.05) is 43.4 Å². The van der Waals surface area contributed by atoms with E-state index < -0.39 is 0 Å². The van der Waals surface area contributed by atoms with Crippen molar-refractivity contribution in [3.05, 3.63) is 43.1 Å². The number of anilines is 2. The lowest BCUT2D eigenvalue weighted by Gasteiger charge is -2.33. The zero-order valence-electron chi connectivity index (χ0n) is 20.8. The number of hydrogen-bond donors (Lipinski definition) is 3. The van der Waals surface area contributed by atoms with Gasteiger partial charge in [0.2, 0.25) is 5.91 Å². The molecule has 11 heteroatoms. The molecular weight excluding hydrogens is 468 g/mol. The van der Waals surface area contributed by atoms with Crippen molar-refractivity contribution < 1.29 is 4.79 Å². The summed E-state index contributed by atoms with van der Waals surface area (Å²) >= 11 is 0. The van der Waals surface area contributed by atoms with Crippen molar-refractivity contribution >= 4 is 39.2 Å². The fraction of sp³-hybridized carbons (Fsp3) is 0.308. The van der Waals surface area contributed by atoms with Gasteiger partial charge in [0.15, 0.2) is 5.82 Å². The van der Waals surface area contributed by atoms with Crippen molar-refractivity contribution in [1.29, 1.82) is 0 Å². The number of pyridine rings is 3. The largest absolute Gasteiger partial charge is 0.366 e. The molecule has 5 aromatic rings. The summed E-state index contributed by atoms with van der Waals surface area (Å²) in [4.78, 5) is 38.4. The first-order chi connectivity index (χ1) is 18.1. The molecule has 6 rings (SSSR count). The molecular formula is C26H28N10O. The summed E-state index contributed by atoms with van der Waals surface area (Å²) in [5, 5.41) is 11.4. The smallest absolute Gasteiger partial charge is 0.224 e. The standard InChI is InChI=1S/C26H28N10O/c1-3-4-23(37)30-17-9-16(11-27-12-17)19-10-18-20(14-29-19)33-34-24(18)26-31-21-13-28-15-22(25(21)32-26)36-7-5-35(2)6-8-36/h9-15H,3-8H2,1-2H3,(H,30,37)(H,31,32)(H,33,34). The Kier molecular flexibility index (Phi) is 5.97. The maximum Gasteiger partial charge on any atom is 0.224 e. The molecule has 0 radical (unpaired) electrons. The molecule has 1 saturated heterocycles. The van der Waals surface area contributed by atoms with E-state index in [9.17, 15) is 4.79 Å². The highest BCUT2D eigenvalue weighted by atomic mass is 16.1. The Labute approximate surface area is 213 Å². The predicted octanol–water partition coefficient (Wildman–Crippen LogP) is 3.45. The van der Waals surface area contributed by atoms with E-state index in [0.717, 1.165) is 71.5 Å². The van der Waals surface area contributed by atoms with Crippen LogP contribution in [0.5, 0.6) is 0 Å². The fourth-order valence-electron chi connectivity index (χ4n) is 4.66. The van der Waals surface area contributed by atoms with Gasteiger partial charge in [0.25, 0.3) is 0 Å². The Balaban J connectivity index is 1.35. The number of carbonyl (C=O) groups is 1. The number of imidazole rings is 1. The minimum absolute atomic E-state index is 0.0303. The minimum Gasteiger partial charge on any atom is -0.366 e. The third-order valence-electron chi connectivity index (χ3n) is 6.69. The fourth-order valence-corrected chi connectivity index (χ4v) is 4.66. The number of aromatic amines is 2. The molecule has 0 aromatic carbocycles. The number of fused-ring (bicyclic) bond motifs is 2. The van der Waals surface area contributed by atoms with E-state index >= 15 is 0 Å². The highest BCUT2D eigenvalue weighted by Crippen LogP contribution is 2.32. The molecule has 0 spiro atoms. The van der Waals surface area contributed by atoms with Gasteiger partial charge in [0, 0.05) is 49.7 Å². The molecule has 37 heavy (non-hydrogen) atoms. The molecule has 5 aromatic heterocycles. The normalized spacial score (nSPS) is 14.5. The number of carbonyl (C=O) groups excluding carboxylic acids is 1. The van der Waals surface area contributed by atoms with Crippen LogP contribution in [-0.2, 0) is 4.79 Å². The van der Waals surface area contributed by atoms with Gasteiger partial charge in [-0.15, -0.1) is 0 Å². The predicted molar refractivity (Wildman–Crippen MR) is 143 cm³/mol. The van der Waals surface area contributed by atoms with Crippen LogP contribution in [0, 0.1) is 0 Å². The molecule has 1 fully saturated rings. The van der Waals surface area contributed by atoms with Crippen molar-refractivity contribution in [3.8, 4) is 22.8 Å². The quantitative estimate of drug-likeness (QED) is 0.326. The van der Waals surface area contributed by atoms with Gasteiger partial charge < -0.3 is 20.1 Å². The van der Waals surface area contributed by atoms with Gasteiger partial charge in [-0.25, -0.2) is 4.98 Å². The summed E-state index contributed by atoms with van der Waals surface area (Å²) in [5.41, 5.74) is 6.47. The summed E-state index contributed by atoms with van der Waals surface area (Å²) < 4.78 is 0. The first-order valence-corrected chi connectivity index (χ1v) is 12.5. The molecule has 1 aliphatic heterocycles. The minimum atomic E-state index is -0.0303. The number of amides is 1. The molecule has 0 atom stereocenters. The third-order valence-corrected chi connectivity index (χ3v) is 6.69. The summed E-state index contributed by atoms with van der Waals surface area (Å²) in [6, 6.07) is 3.85. The van der Waals surface area contributed by atoms with Gasteiger partial charge >= 0.3 is 0 Å². The molecule has 1 aliphatic rings. The van der Waals surface area contributed by atoms with Crippen molar-refractivity contribution in [3.63, 3.8) is 0 Å². The molecule has 0 unspecified atom stereocenters. The molecule has 188 valence electrons. The Bertz CT molecular complexity index is 1580. The van der Waals surface area contributed by atoms with E-state index in [1.165, 1.54) is 0 Å². The Morgan fingerprint density at radius 2 is 1.86 bits per heavy atom. The van der Waals surface area contributed by atoms with Gasteiger partial charge in [-0.05, 0) is 25.6 Å². The number of rotatable bonds is 6. The van der Waals surface area contributed by atoms with Crippen molar-refractivity contribution in [2.45, 2.75) is 19.8 Å². The van der Waals surface area contributed by atoms with Crippen LogP contribution < -0.4 is 10.2 Å². The van der Waals surface area contributed by atoms with Crippen LogP contribution in [0.1, 0.15) is 19.8 Å². The van der Waals surface area contributed by atoms with Crippen LogP contribution in [-0.4, -0.2) is 79.2 Å². The third kappa shape index (κ3) is 4.49. The van der Waals surface area contributed by atoms with Crippen LogP contribution in [0.2, 0.25) is 0 Å². The van der Waals surface area contributed by atoms with Crippen LogP contribution >= 0.6 is 0 Å². The van der Waals surface area contributed by atoms with E-state index in [4.69, 9.17) is 4.98 Å². The Morgan fingerprint density at radius 1 is 1.03 bits per heavy atom. The Morgan fingerprint density at radius 3 is 2.70 bits per heavy atom. The maximum atomic E-state index is 12.0. The first-order valence-electron chi connectivity index (χ1n) is 12.5. The molecule has 1 amide bonds. The number of aromatic nitrogens is 7. The second-order valence-electron chi connectivity index (χ2n) is 9.38. The highest BCUT2D eigenvalue weighted by molar-refractivity contribution is 5.97. The molecule has 3 N–H and O–H groups in total. The lowest BCUT2D eigenvalue weighted by atomic mass is 10.1. The molecule has 0 aliphatic carbocycles. The van der Waals surface area contributed by atoms with E-state index in [1.54, 1.807) is 24.8 Å². The van der Waals surface area contributed by atoms with Gasteiger partial charge in [0.1, 0.15) is 11.2 Å². The van der Waals surface area contributed by atoms with Gasteiger partial charge in [-0.1, -0.05) is 6.92 Å². The molecule has 0 bridgehead atoms. The Hall–Kier alpha value is -4.38. The zero-order chi connectivity index (χ0) is 25.4. The zero-order valence-corrected chi connectivity index (χ0v) is 20.8. The van der Waals surface area contributed by atoms with Crippen LogP contribution in [0.4, 0.5) is 11.4 Å². The maximum absolute atomic E-state index is 12.0. The lowest BCUT2D eigenvalue weighted by Crippen LogP contribution is -2.44. The van der Waals surface area contributed by atoms with Crippen LogP contribution in [0.15, 0.2) is 43.1 Å². The van der Waals surface area contributed by atoms with Gasteiger partial charge in [0.05, 0.1) is 52.9 Å². The second-order valence-corrected chi connectivity index (χ2v) is 9.38. The number of nitrogens with zero attached hydrogens (tertiary/aromatic N) is 7. The average Bonchev–Trinajstić information content (AvgIpc) is 3.53. The van der Waals surface area contributed by atoms with Gasteiger partial charge in [-0.3, -0.25) is 24.8 Å². The summed E-state index contributed by atoms with van der Waals surface area (Å²) in [7, 11) is 2.14. The van der Waals surface area contributed by atoms with Crippen molar-refractivity contribution in [1.82, 2.24) is 40.0 Å². The monoisotopic (exact) mass is 496 g/mol. The van der Waals surface area contributed by atoms with E-state index in [0.29, 0.717) is 23.6 Å². The topological polar surface area (TPSA) is 132 Å². The second kappa shape index (κ2) is 9.58. The number of hydrogen-bond acceptors (Lipinski definition) is 8. The molecule has 6 heterocycles. The number of likely N-dealkylation sites (N-methyl/N-ethyl adjacent to an activating group) is 1. The van der Waals surface area contributed by atoms with Crippen molar-refractivity contribution in [2.24, 2.45) is 0 Å². The van der Waals surface area contributed by atoms with Gasteiger partial charge in [-0.2, -0.15) is 5.10 Å². The van der Waals surface area contributed by atoms with E-state index in [1.807, 2.05) is 25.3 Å². The SMILES string of the molecule is CCCC(=O)Nc1cncc(-c2cc3c(-c4nc5c(N6CCN(C)CC6)cncc5[nH]4)n[nH]c3cn2)c1. The van der Waals surface area contributed by atoms with Crippen LogP contribution in [0.25, 0.3) is 44.7 Å². The molecule has 11 nitrogen and oxygen atoms in total. The number of H-pyrrole nitrogens is 2. The summed E-state index contributed by atoms with van der Waals surface area (Å²) in [5.74, 6) is 0.637. The number of nitrogens with one attached hydrogen (secondary N) is 3. The summed E-state index contributed by atoms with van der Waals surface area (Å²) in [6.07, 6.45) is 10.1. The highest BCUT2D eigenvalue weighted by Gasteiger charge is 2.20. The van der Waals surface area contributed by atoms with E-state index in [-0.39, 0.29) is 5.91 Å². The molecule has 0 saturated carbocycles. The van der Waals surface area contributed by atoms with E-state index in [2.05, 4.69) is 52.3 Å². The summed E-state index contributed by atoms with van der Waals surface area (Å²) in [6.45, 7) is 5.86. The first kappa shape index (κ1) is 23.0. The lowest BCUT2D eigenvalue weighted by molar-refractivity contribution is -0.116. The number of piperazine rings is 1. The van der Waals surface area contributed by atoms with Crippen LogP contribution in [0.3, 0.4) is 0 Å².